The maximum Gasteiger partial charge on any atom is 0.257 e. The van der Waals surface area contributed by atoms with Crippen LogP contribution in [0.3, 0.4) is 0 Å². The Morgan fingerprint density at radius 2 is 1.64 bits per heavy atom. The molecule has 0 aliphatic carbocycles. The predicted octanol–water partition coefficient (Wildman–Crippen LogP) is 2.73. The normalized spacial score (nSPS) is 11.0. The van der Waals surface area contributed by atoms with Gasteiger partial charge in [-0.25, -0.2) is 0 Å². The molecule has 0 saturated heterocycles. The molecule has 1 amide bonds. The summed E-state index contributed by atoms with van der Waals surface area (Å²) in [6.07, 6.45) is 0. The molecule has 0 bridgehead atoms. The maximum absolute atomic E-state index is 11.7. The second kappa shape index (κ2) is 8.78. The first-order chi connectivity index (χ1) is 10.3. The van der Waals surface area contributed by atoms with E-state index in [0.717, 1.165) is 5.75 Å². The fourth-order valence-electron chi connectivity index (χ4n) is 1.61. The van der Waals surface area contributed by atoms with Crippen molar-refractivity contribution in [3.8, 4) is 17.2 Å². The van der Waals surface area contributed by atoms with Gasteiger partial charge in [0.1, 0.15) is 17.2 Å². The van der Waals surface area contributed by atoms with Gasteiger partial charge in [0.05, 0.1) is 14.2 Å². The quantitative estimate of drug-likeness (QED) is 0.744. The molecule has 0 atom stereocenters. The van der Waals surface area contributed by atoms with Gasteiger partial charge < -0.3 is 19.5 Å². The minimum absolute atomic E-state index is 0.0312. The molecule has 5 nitrogen and oxygen atoms in total. The zero-order valence-electron chi connectivity index (χ0n) is 13.9. The van der Waals surface area contributed by atoms with Gasteiger partial charge >= 0.3 is 0 Å². The molecule has 1 aromatic rings. The highest BCUT2D eigenvalue weighted by Crippen LogP contribution is 2.27. The number of carbonyl (C=O) groups excluding carboxylic acids is 1. The highest BCUT2D eigenvalue weighted by atomic mass is 32.2. The van der Waals surface area contributed by atoms with Crippen molar-refractivity contribution in [1.29, 1.82) is 0 Å². The Hall–Kier alpha value is -1.56. The van der Waals surface area contributed by atoms with E-state index in [9.17, 15) is 4.79 Å². The number of methoxy groups -OCH3 is 2. The summed E-state index contributed by atoms with van der Waals surface area (Å²) in [5.41, 5.74) is 0. The summed E-state index contributed by atoms with van der Waals surface area (Å²) in [5.74, 6) is 2.52. The summed E-state index contributed by atoms with van der Waals surface area (Å²) in [6, 6.07) is 5.17. The van der Waals surface area contributed by atoms with E-state index in [1.54, 1.807) is 32.4 Å². The van der Waals surface area contributed by atoms with Gasteiger partial charge in [-0.15, -0.1) is 0 Å². The second-order valence-electron chi connectivity index (χ2n) is 5.65. The lowest BCUT2D eigenvalue weighted by atomic mass is 10.3. The third kappa shape index (κ3) is 7.45. The number of hydrogen-bond acceptors (Lipinski definition) is 5. The lowest BCUT2D eigenvalue weighted by Gasteiger charge is -2.17. The molecule has 0 aliphatic rings. The number of ether oxygens (including phenoxy) is 3. The first-order valence-electron chi connectivity index (χ1n) is 7.10. The molecule has 22 heavy (non-hydrogen) atoms. The van der Waals surface area contributed by atoms with Crippen LogP contribution in [0.15, 0.2) is 18.2 Å². The fraction of sp³-hybridized carbons (Fsp3) is 0.562. The zero-order chi connectivity index (χ0) is 16.6. The molecule has 1 N–H and O–H groups in total. The van der Waals surface area contributed by atoms with E-state index in [4.69, 9.17) is 14.2 Å². The van der Waals surface area contributed by atoms with E-state index in [2.05, 4.69) is 26.1 Å². The number of rotatable bonds is 8. The first kappa shape index (κ1) is 18.5. The number of hydrogen-bond donors (Lipinski definition) is 1. The molecule has 1 aromatic carbocycles. The first-order valence-corrected chi connectivity index (χ1v) is 8.09. The van der Waals surface area contributed by atoms with Gasteiger partial charge in [0.25, 0.3) is 5.91 Å². The van der Waals surface area contributed by atoms with Crippen LogP contribution < -0.4 is 19.5 Å². The van der Waals surface area contributed by atoms with Gasteiger partial charge in [-0.2, -0.15) is 11.8 Å². The Morgan fingerprint density at radius 1 is 1.09 bits per heavy atom. The summed E-state index contributed by atoms with van der Waals surface area (Å²) in [6.45, 7) is 7.05. The van der Waals surface area contributed by atoms with Crippen molar-refractivity contribution in [2.75, 3.05) is 33.1 Å². The van der Waals surface area contributed by atoms with E-state index >= 15 is 0 Å². The van der Waals surface area contributed by atoms with Crippen LogP contribution in [-0.4, -0.2) is 43.8 Å². The third-order valence-corrected chi connectivity index (χ3v) is 3.93. The summed E-state index contributed by atoms with van der Waals surface area (Å²) >= 11 is 1.81. The van der Waals surface area contributed by atoms with E-state index in [1.807, 2.05) is 11.8 Å². The van der Waals surface area contributed by atoms with Gasteiger partial charge in [-0.3, -0.25) is 4.79 Å². The second-order valence-corrected chi connectivity index (χ2v) is 7.57. The van der Waals surface area contributed by atoms with Crippen molar-refractivity contribution < 1.29 is 19.0 Å². The smallest absolute Gasteiger partial charge is 0.257 e. The average molecular weight is 327 g/mol. The van der Waals surface area contributed by atoms with Gasteiger partial charge in [0.2, 0.25) is 0 Å². The van der Waals surface area contributed by atoms with Crippen LogP contribution in [0, 0.1) is 0 Å². The third-order valence-electron chi connectivity index (χ3n) is 2.65. The fourth-order valence-corrected chi connectivity index (χ4v) is 2.43. The van der Waals surface area contributed by atoms with Crippen LogP contribution in [0.4, 0.5) is 0 Å². The highest BCUT2D eigenvalue weighted by Gasteiger charge is 2.10. The maximum atomic E-state index is 11.7. The van der Waals surface area contributed by atoms with E-state index in [-0.39, 0.29) is 17.3 Å². The lowest BCUT2D eigenvalue weighted by Crippen LogP contribution is -2.31. The molecular formula is C16H25NO4S. The molecule has 0 spiro atoms. The molecule has 0 fully saturated rings. The van der Waals surface area contributed by atoms with E-state index in [0.29, 0.717) is 23.8 Å². The molecule has 0 unspecified atom stereocenters. The molecule has 1 rings (SSSR count). The topological polar surface area (TPSA) is 56.8 Å². The predicted molar refractivity (Wildman–Crippen MR) is 90.3 cm³/mol. The largest absolute Gasteiger partial charge is 0.496 e. The number of amides is 1. The number of benzene rings is 1. The molecule has 0 aliphatic heterocycles. The minimum atomic E-state index is -0.142. The van der Waals surface area contributed by atoms with Crippen molar-refractivity contribution in [2.24, 2.45) is 0 Å². The van der Waals surface area contributed by atoms with Crippen LogP contribution in [0.5, 0.6) is 17.2 Å². The molecule has 0 saturated carbocycles. The monoisotopic (exact) mass is 327 g/mol. The van der Waals surface area contributed by atoms with Gasteiger partial charge in [-0.05, 0) is 0 Å². The Bertz CT molecular complexity index is 463. The van der Waals surface area contributed by atoms with Crippen molar-refractivity contribution in [2.45, 2.75) is 25.5 Å². The van der Waals surface area contributed by atoms with Crippen LogP contribution in [0.1, 0.15) is 20.8 Å². The van der Waals surface area contributed by atoms with Crippen LogP contribution >= 0.6 is 11.8 Å². The van der Waals surface area contributed by atoms with Gasteiger partial charge in [0, 0.05) is 35.2 Å². The molecular weight excluding hydrogens is 302 g/mol. The van der Waals surface area contributed by atoms with Crippen molar-refractivity contribution in [3.63, 3.8) is 0 Å². The lowest BCUT2D eigenvalue weighted by molar-refractivity contribution is -0.122. The number of carbonyl (C=O) groups is 1. The zero-order valence-corrected chi connectivity index (χ0v) is 14.7. The van der Waals surface area contributed by atoms with Crippen molar-refractivity contribution in [3.05, 3.63) is 18.2 Å². The molecule has 0 aromatic heterocycles. The van der Waals surface area contributed by atoms with Crippen LogP contribution in [0.2, 0.25) is 0 Å². The van der Waals surface area contributed by atoms with E-state index < -0.39 is 0 Å². The molecule has 6 heteroatoms. The highest BCUT2D eigenvalue weighted by molar-refractivity contribution is 8.00. The summed E-state index contributed by atoms with van der Waals surface area (Å²) in [4.78, 5) is 11.7. The Balaban J connectivity index is 2.37. The Morgan fingerprint density at radius 3 is 2.14 bits per heavy atom. The molecule has 0 heterocycles. The summed E-state index contributed by atoms with van der Waals surface area (Å²) in [5, 5.41) is 2.84. The summed E-state index contributed by atoms with van der Waals surface area (Å²) in [7, 11) is 3.14. The van der Waals surface area contributed by atoms with Gasteiger partial charge in [-0.1, -0.05) is 20.8 Å². The average Bonchev–Trinajstić information content (AvgIpc) is 2.48. The molecule has 0 radical (unpaired) electrons. The Labute approximate surface area is 136 Å². The van der Waals surface area contributed by atoms with Crippen LogP contribution in [-0.2, 0) is 4.79 Å². The summed E-state index contributed by atoms with van der Waals surface area (Å²) < 4.78 is 16.0. The SMILES string of the molecule is COc1cc(OC)cc(OCC(=O)NCCSC(C)(C)C)c1. The minimum Gasteiger partial charge on any atom is -0.496 e. The van der Waals surface area contributed by atoms with Crippen LogP contribution in [0.25, 0.3) is 0 Å². The van der Waals surface area contributed by atoms with Crippen molar-refractivity contribution >= 4 is 17.7 Å². The van der Waals surface area contributed by atoms with E-state index in [1.165, 1.54) is 0 Å². The number of nitrogens with one attached hydrogen (secondary N) is 1. The number of thioether (sulfide) groups is 1. The molecule has 124 valence electrons. The Kier molecular flexibility index (Phi) is 7.38. The van der Waals surface area contributed by atoms with Crippen molar-refractivity contribution in [1.82, 2.24) is 5.32 Å². The standard InChI is InChI=1S/C16H25NO4S/c1-16(2,3)22-7-6-17-15(18)11-21-14-9-12(19-4)8-13(10-14)20-5/h8-10H,6-7,11H2,1-5H3,(H,17,18). The van der Waals surface area contributed by atoms with Gasteiger partial charge in [0.15, 0.2) is 6.61 Å².